The number of aromatic nitrogens is 3. The monoisotopic (exact) mass is 216 g/mol. The van der Waals surface area contributed by atoms with Crippen LogP contribution >= 0.6 is 15.9 Å². The number of H-pyrrole nitrogens is 1. The molecule has 0 aliphatic carbocycles. The first-order valence-electron chi connectivity index (χ1n) is 3.67. The second kappa shape index (κ2) is 2.91. The summed E-state index contributed by atoms with van der Waals surface area (Å²) >= 11 is 3.20. The van der Waals surface area contributed by atoms with Crippen molar-refractivity contribution in [2.45, 2.75) is 18.9 Å². The average molecular weight is 217 g/mol. The van der Waals surface area contributed by atoms with Crippen LogP contribution in [0.5, 0.6) is 0 Å². The maximum Gasteiger partial charge on any atom is 0.217 e. The standard InChI is InChI=1S/C6H9BrN4/c7-6-9-5(10-11-6)4-2-1-3-8-4/h4,8H,1-3H2,(H,9,10,11). The lowest BCUT2D eigenvalue weighted by Crippen LogP contribution is -2.14. The van der Waals surface area contributed by atoms with Crippen LogP contribution < -0.4 is 5.32 Å². The van der Waals surface area contributed by atoms with Crippen LogP contribution in [0.25, 0.3) is 0 Å². The number of hydrogen-bond donors (Lipinski definition) is 2. The van der Waals surface area contributed by atoms with Crippen LogP contribution in [-0.2, 0) is 0 Å². The molecule has 1 aromatic heterocycles. The SMILES string of the molecule is Brc1n[nH]c(C2CCCN2)n1. The van der Waals surface area contributed by atoms with Crippen molar-refractivity contribution in [1.29, 1.82) is 0 Å². The summed E-state index contributed by atoms with van der Waals surface area (Å²) < 4.78 is 0.640. The highest BCUT2D eigenvalue weighted by Crippen LogP contribution is 2.19. The summed E-state index contributed by atoms with van der Waals surface area (Å²) in [5.41, 5.74) is 0. The van der Waals surface area contributed by atoms with Crippen molar-refractivity contribution in [2.24, 2.45) is 0 Å². The van der Waals surface area contributed by atoms with Crippen molar-refractivity contribution in [2.75, 3.05) is 6.54 Å². The fourth-order valence-electron chi connectivity index (χ4n) is 1.33. The molecule has 60 valence electrons. The fourth-order valence-corrected chi connectivity index (χ4v) is 1.61. The van der Waals surface area contributed by atoms with E-state index in [4.69, 9.17) is 0 Å². The maximum atomic E-state index is 4.18. The van der Waals surface area contributed by atoms with Crippen LogP contribution in [0.1, 0.15) is 24.7 Å². The second-order valence-electron chi connectivity index (χ2n) is 2.64. The molecular weight excluding hydrogens is 208 g/mol. The molecular formula is C6H9BrN4. The molecule has 0 spiro atoms. The van der Waals surface area contributed by atoms with E-state index in [0.717, 1.165) is 18.8 Å². The van der Waals surface area contributed by atoms with Crippen molar-refractivity contribution < 1.29 is 0 Å². The fraction of sp³-hybridized carbons (Fsp3) is 0.667. The maximum absolute atomic E-state index is 4.18. The Balaban J connectivity index is 2.15. The number of nitrogens with zero attached hydrogens (tertiary/aromatic N) is 2. The predicted octanol–water partition coefficient (Wildman–Crippen LogP) is 0.992. The van der Waals surface area contributed by atoms with Gasteiger partial charge in [0.15, 0.2) is 0 Å². The van der Waals surface area contributed by atoms with Gasteiger partial charge in [0.25, 0.3) is 0 Å². The van der Waals surface area contributed by atoms with Gasteiger partial charge in [-0.3, -0.25) is 5.10 Å². The van der Waals surface area contributed by atoms with Gasteiger partial charge in [-0.2, -0.15) is 0 Å². The molecule has 0 aromatic carbocycles. The smallest absolute Gasteiger partial charge is 0.217 e. The van der Waals surface area contributed by atoms with Crippen molar-refractivity contribution in [3.05, 3.63) is 10.6 Å². The summed E-state index contributed by atoms with van der Waals surface area (Å²) in [7, 11) is 0. The Morgan fingerprint density at radius 1 is 1.55 bits per heavy atom. The molecule has 0 bridgehead atoms. The first kappa shape index (κ1) is 7.24. The van der Waals surface area contributed by atoms with Crippen LogP contribution in [0.4, 0.5) is 0 Å². The topological polar surface area (TPSA) is 53.6 Å². The van der Waals surface area contributed by atoms with E-state index in [1.807, 2.05) is 0 Å². The molecule has 1 aliphatic heterocycles. The quantitative estimate of drug-likeness (QED) is 0.737. The zero-order valence-electron chi connectivity index (χ0n) is 5.97. The van der Waals surface area contributed by atoms with Gasteiger partial charge < -0.3 is 5.32 Å². The molecule has 2 heterocycles. The highest BCUT2D eigenvalue weighted by Gasteiger charge is 2.18. The number of halogens is 1. The van der Waals surface area contributed by atoms with Crippen molar-refractivity contribution in [3.8, 4) is 0 Å². The molecule has 1 saturated heterocycles. The highest BCUT2D eigenvalue weighted by atomic mass is 79.9. The third-order valence-corrected chi connectivity index (χ3v) is 2.22. The third-order valence-electron chi connectivity index (χ3n) is 1.87. The Labute approximate surface area is 72.9 Å². The lowest BCUT2D eigenvalue weighted by Gasteiger charge is -2.03. The van der Waals surface area contributed by atoms with Gasteiger partial charge >= 0.3 is 0 Å². The summed E-state index contributed by atoms with van der Waals surface area (Å²) in [5.74, 6) is 0.939. The molecule has 11 heavy (non-hydrogen) atoms. The molecule has 1 aliphatic rings. The van der Waals surface area contributed by atoms with Gasteiger partial charge in [-0.05, 0) is 35.3 Å². The van der Waals surface area contributed by atoms with E-state index in [2.05, 4.69) is 36.4 Å². The van der Waals surface area contributed by atoms with Gasteiger partial charge in [-0.1, -0.05) is 0 Å². The van der Waals surface area contributed by atoms with E-state index in [-0.39, 0.29) is 0 Å². The molecule has 5 heteroatoms. The predicted molar refractivity (Wildman–Crippen MR) is 44.1 cm³/mol. The van der Waals surface area contributed by atoms with Gasteiger partial charge in [0.05, 0.1) is 6.04 Å². The van der Waals surface area contributed by atoms with Crippen molar-refractivity contribution >= 4 is 15.9 Å². The second-order valence-corrected chi connectivity index (χ2v) is 3.35. The van der Waals surface area contributed by atoms with Crippen LogP contribution in [0.3, 0.4) is 0 Å². The third kappa shape index (κ3) is 1.44. The Kier molecular flexibility index (Phi) is 1.91. The molecule has 1 fully saturated rings. The minimum atomic E-state index is 0.383. The van der Waals surface area contributed by atoms with Crippen LogP contribution in [0, 0.1) is 0 Å². The number of rotatable bonds is 1. The molecule has 1 unspecified atom stereocenters. The molecule has 4 nitrogen and oxygen atoms in total. The normalized spacial score (nSPS) is 24.3. The van der Waals surface area contributed by atoms with E-state index in [9.17, 15) is 0 Å². The molecule has 0 saturated carbocycles. The number of aromatic amines is 1. The van der Waals surface area contributed by atoms with Gasteiger partial charge in [0, 0.05) is 0 Å². The van der Waals surface area contributed by atoms with E-state index in [0.29, 0.717) is 10.8 Å². The molecule has 1 atom stereocenters. The zero-order chi connectivity index (χ0) is 7.68. The summed E-state index contributed by atoms with van der Waals surface area (Å²) in [4.78, 5) is 4.18. The molecule has 0 radical (unpaired) electrons. The van der Waals surface area contributed by atoms with Gasteiger partial charge in [0.2, 0.25) is 4.73 Å². The molecule has 0 amide bonds. The van der Waals surface area contributed by atoms with Gasteiger partial charge in [0.1, 0.15) is 5.82 Å². The van der Waals surface area contributed by atoms with Crippen LogP contribution in [0.15, 0.2) is 4.73 Å². The van der Waals surface area contributed by atoms with Crippen LogP contribution in [0.2, 0.25) is 0 Å². The summed E-state index contributed by atoms with van der Waals surface area (Å²) in [6, 6.07) is 0.383. The first-order valence-corrected chi connectivity index (χ1v) is 4.47. The van der Waals surface area contributed by atoms with Crippen molar-refractivity contribution in [1.82, 2.24) is 20.5 Å². The zero-order valence-corrected chi connectivity index (χ0v) is 7.56. The van der Waals surface area contributed by atoms with Gasteiger partial charge in [-0.15, -0.1) is 5.10 Å². The van der Waals surface area contributed by atoms with Crippen molar-refractivity contribution in [3.63, 3.8) is 0 Å². The Morgan fingerprint density at radius 2 is 2.45 bits per heavy atom. The lowest BCUT2D eigenvalue weighted by molar-refractivity contribution is 0.607. The van der Waals surface area contributed by atoms with E-state index in [1.165, 1.54) is 6.42 Å². The Morgan fingerprint density at radius 3 is 3.00 bits per heavy atom. The number of nitrogens with one attached hydrogen (secondary N) is 2. The largest absolute Gasteiger partial charge is 0.307 e. The highest BCUT2D eigenvalue weighted by molar-refractivity contribution is 9.10. The first-order chi connectivity index (χ1) is 5.36. The summed E-state index contributed by atoms with van der Waals surface area (Å²) in [6.45, 7) is 1.09. The Bertz CT molecular complexity index is 240. The molecule has 2 N–H and O–H groups in total. The number of hydrogen-bond acceptors (Lipinski definition) is 3. The van der Waals surface area contributed by atoms with E-state index >= 15 is 0 Å². The molecule has 2 rings (SSSR count). The summed E-state index contributed by atoms with van der Waals surface area (Å²) in [5, 5.41) is 10.1. The Hall–Kier alpha value is -0.420. The van der Waals surface area contributed by atoms with Crippen LogP contribution in [-0.4, -0.2) is 21.7 Å². The van der Waals surface area contributed by atoms with E-state index in [1.54, 1.807) is 0 Å². The minimum Gasteiger partial charge on any atom is -0.307 e. The van der Waals surface area contributed by atoms with Gasteiger partial charge in [-0.25, -0.2) is 4.98 Å². The molecule has 1 aromatic rings. The minimum absolute atomic E-state index is 0.383. The average Bonchev–Trinajstić information content (AvgIpc) is 2.55. The lowest BCUT2D eigenvalue weighted by atomic mass is 10.2. The van der Waals surface area contributed by atoms with E-state index < -0.39 is 0 Å². The summed E-state index contributed by atoms with van der Waals surface area (Å²) in [6.07, 6.45) is 2.38.